The molecule has 1 aliphatic carbocycles. The van der Waals surface area contributed by atoms with Crippen molar-refractivity contribution in [2.24, 2.45) is 18.9 Å². The number of hydrogen-bond donors (Lipinski definition) is 3. The zero-order valence-electron chi connectivity index (χ0n) is 16.6. The Morgan fingerprint density at radius 1 is 1.41 bits per heavy atom. The first-order valence-corrected chi connectivity index (χ1v) is 11.0. The number of rotatable bonds is 5. The summed E-state index contributed by atoms with van der Waals surface area (Å²) in [4.78, 5) is 24.0. The van der Waals surface area contributed by atoms with Crippen LogP contribution in [-0.2, 0) is 21.9 Å². The van der Waals surface area contributed by atoms with Crippen LogP contribution in [0.3, 0.4) is 0 Å². The summed E-state index contributed by atoms with van der Waals surface area (Å²) in [5.74, 6) is -0.486. The summed E-state index contributed by atoms with van der Waals surface area (Å²) in [7, 11) is -0.823. The molecular formula is C18H26N6O4S. The molecule has 1 saturated heterocycles. The summed E-state index contributed by atoms with van der Waals surface area (Å²) < 4.78 is 28.8. The van der Waals surface area contributed by atoms with Crippen LogP contribution in [0.1, 0.15) is 19.8 Å². The summed E-state index contributed by atoms with van der Waals surface area (Å²) in [6.07, 6.45) is 2.74. The minimum atomic E-state index is -3.79. The van der Waals surface area contributed by atoms with E-state index in [-0.39, 0.29) is 30.0 Å². The highest BCUT2D eigenvalue weighted by molar-refractivity contribution is 7.89. The lowest BCUT2D eigenvalue weighted by Gasteiger charge is -2.38. The van der Waals surface area contributed by atoms with Crippen LogP contribution in [0, 0.1) is 23.2 Å². The molecule has 0 aromatic carbocycles. The van der Waals surface area contributed by atoms with E-state index in [9.17, 15) is 23.3 Å². The number of hydrazine groups is 1. The van der Waals surface area contributed by atoms with E-state index in [1.165, 1.54) is 23.9 Å². The monoisotopic (exact) mass is 422 g/mol. The van der Waals surface area contributed by atoms with E-state index in [0.717, 1.165) is 10.7 Å². The van der Waals surface area contributed by atoms with Gasteiger partial charge in [-0.15, -0.1) is 0 Å². The van der Waals surface area contributed by atoms with Gasteiger partial charge in [0.2, 0.25) is 15.9 Å². The molecule has 1 amide bonds. The van der Waals surface area contributed by atoms with Gasteiger partial charge in [0.15, 0.2) is 0 Å². The van der Waals surface area contributed by atoms with Crippen molar-refractivity contribution in [1.82, 2.24) is 19.7 Å². The molecule has 1 saturated carbocycles. The first-order chi connectivity index (χ1) is 13.6. The SMILES string of the molecule is CC1CC2C(C#N)NNC2C(S(=O)(=O)N(C)CC(=O)Nc2ccn(C)c(=O)c2)C1. The molecule has 2 aliphatic rings. The molecule has 5 unspecified atom stereocenters. The van der Waals surface area contributed by atoms with Crippen molar-refractivity contribution in [3.05, 3.63) is 28.7 Å². The Kier molecular flexibility index (Phi) is 6.09. The maximum atomic E-state index is 13.2. The number of hydrogen-bond acceptors (Lipinski definition) is 7. The Hall–Kier alpha value is -2.26. The number of nitriles is 1. The van der Waals surface area contributed by atoms with Crippen LogP contribution in [0.5, 0.6) is 0 Å². The smallest absolute Gasteiger partial charge is 0.252 e. The van der Waals surface area contributed by atoms with Gasteiger partial charge in [-0.2, -0.15) is 9.57 Å². The van der Waals surface area contributed by atoms with Crippen molar-refractivity contribution in [1.29, 1.82) is 5.26 Å². The van der Waals surface area contributed by atoms with Crippen molar-refractivity contribution in [3.63, 3.8) is 0 Å². The van der Waals surface area contributed by atoms with Gasteiger partial charge in [0, 0.05) is 44.0 Å². The summed E-state index contributed by atoms with van der Waals surface area (Å²) >= 11 is 0. The fourth-order valence-corrected chi connectivity index (χ4v) is 6.12. The Morgan fingerprint density at radius 2 is 2.14 bits per heavy atom. The van der Waals surface area contributed by atoms with Crippen LogP contribution in [0.2, 0.25) is 0 Å². The van der Waals surface area contributed by atoms with E-state index in [1.54, 1.807) is 13.1 Å². The average molecular weight is 423 g/mol. The molecule has 2 heterocycles. The highest BCUT2D eigenvalue weighted by atomic mass is 32.2. The van der Waals surface area contributed by atoms with Crippen LogP contribution in [0.25, 0.3) is 0 Å². The molecule has 29 heavy (non-hydrogen) atoms. The number of nitrogens with one attached hydrogen (secondary N) is 3. The molecule has 3 N–H and O–H groups in total. The fraction of sp³-hybridized carbons (Fsp3) is 0.611. The number of likely N-dealkylation sites (N-methyl/N-ethyl adjacent to an activating group) is 1. The molecule has 10 nitrogen and oxygen atoms in total. The van der Waals surface area contributed by atoms with Gasteiger partial charge in [0.25, 0.3) is 5.56 Å². The molecule has 158 valence electrons. The van der Waals surface area contributed by atoms with E-state index in [0.29, 0.717) is 12.1 Å². The Morgan fingerprint density at radius 3 is 2.79 bits per heavy atom. The maximum Gasteiger partial charge on any atom is 0.252 e. The van der Waals surface area contributed by atoms with Crippen molar-refractivity contribution < 1.29 is 13.2 Å². The third-order valence-corrected chi connectivity index (χ3v) is 7.96. The number of sulfonamides is 1. The molecule has 1 aromatic heterocycles. The number of carbonyl (C=O) groups is 1. The number of fused-ring (bicyclic) bond motifs is 1. The molecule has 0 radical (unpaired) electrons. The number of anilines is 1. The first kappa shape index (κ1) is 21.4. The summed E-state index contributed by atoms with van der Waals surface area (Å²) in [6, 6.07) is 4.20. The van der Waals surface area contributed by atoms with Crippen LogP contribution >= 0.6 is 0 Å². The normalized spacial score (nSPS) is 29.3. The summed E-state index contributed by atoms with van der Waals surface area (Å²) in [5.41, 5.74) is 5.90. The largest absolute Gasteiger partial charge is 0.325 e. The van der Waals surface area contributed by atoms with Gasteiger partial charge in [-0.3, -0.25) is 15.0 Å². The Balaban J connectivity index is 1.71. The number of carbonyl (C=O) groups excluding carboxylic acids is 1. The Labute approximate surface area is 169 Å². The number of nitrogens with zero attached hydrogens (tertiary/aromatic N) is 3. The lowest BCUT2D eigenvalue weighted by molar-refractivity contribution is -0.116. The van der Waals surface area contributed by atoms with E-state index in [1.807, 2.05) is 6.92 Å². The zero-order valence-corrected chi connectivity index (χ0v) is 17.4. The third kappa shape index (κ3) is 4.35. The van der Waals surface area contributed by atoms with Gasteiger partial charge in [-0.05, 0) is 24.8 Å². The quantitative estimate of drug-likeness (QED) is 0.575. The lowest BCUT2D eigenvalue weighted by atomic mass is 9.77. The van der Waals surface area contributed by atoms with Crippen molar-refractivity contribution in [2.75, 3.05) is 18.9 Å². The maximum absolute atomic E-state index is 13.2. The number of aryl methyl sites for hydroxylation is 1. The second-order valence-electron chi connectivity index (χ2n) is 7.91. The van der Waals surface area contributed by atoms with Gasteiger partial charge in [-0.1, -0.05) is 6.92 Å². The van der Waals surface area contributed by atoms with Gasteiger partial charge >= 0.3 is 0 Å². The van der Waals surface area contributed by atoms with Crippen molar-refractivity contribution >= 4 is 21.6 Å². The molecule has 2 fully saturated rings. The first-order valence-electron chi connectivity index (χ1n) is 9.46. The predicted octanol–water partition coefficient (Wildman–Crippen LogP) is -0.631. The summed E-state index contributed by atoms with van der Waals surface area (Å²) in [6.45, 7) is 1.61. The van der Waals surface area contributed by atoms with Crippen molar-refractivity contribution in [3.8, 4) is 6.07 Å². The Bertz CT molecular complexity index is 985. The van der Waals surface area contributed by atoms with E-state index >= 15 is 0 Å². The third-order valence-electron chi connectivity index (χ3n) is 5.72. The molecule has 0 bridgehead atoms. The summed E-state index contributed by atoms with van der Waals surface area (Å²) in [5, 5.41) is 11.1. The van der Waals surface area contributed by atoms with Gasteiger partial charge < -0.3 is 9.88 Å². The van der Waals surface area contributed by atoms with Crippen molar-refractivity contribution in [2.45, 2.75) is 37.1 Å². The number of aromatic nitrogens is 1. The standard InChI is InChI=1S/C18H26N6O4S/c1-11-6-13-14(9-19)21-22-18(13)15(7-11)29(27,28)24(3)10-16(25)20-12-4-5-23(2)17(26)8-12/h4-5,8,11,13-15,18,21-22H,6-7,10H2,1-3H3,(H,20,25). The molecule has 0 spiro atoms. The van der Waals surface area contributed by atoms with Crippen LogP contribution in [0.4, 0.5) is 5.69 Å². The fourth-order valence-electron chi connectivity index (χ4n) is 4.15. The molecule has 3 rings (SSSR count). The van der Waals surface area contributed by atoms with E-state index in [4.69, 9.17) is 0 Å². The van der Waals surface area contributed by atoms with Crippen LogP contribution < -0.4 is 21.7 Å². The predicted molar refractivity (Wildman–Crippen MR) is 107 cm³/mol. The topological polar surface area (TPSA) is 136 Å². The second kappa shape index (κ2) is 8.23. The average Bonchev–Trinajstić information content (AvgIpc) is 3.06. The molecular weight excluding hydrogens is 396 g/mol. The molecule has 1 aromatic rings. The zero-order chi connectivity index (χ0) is 21.3. The number of amides is 1. The van der Waals surface area contributed by atoms with Crippen LogP contribution in [-0.4, -0.2) is 54.1 Å². The van der Waals surface area contributed by atoms with Gasteiger partial charge in [0.1, 0.15) is 6.04 Å². The minimum Gasteiger partial charge on any atom is -0.325 e. The highest BCUT2D eigenvalue weighted by Gasteiger charge is 2.50. The van der Waals surface area contributed by atoms with Gasteiger partial charge in [0.05, 0.1) is 17.9 Å². The lowest BCUT2D eigenvalue weighted by Crippen LogP contribution is -2.54. The highest BCUT2D eigenvalue weighted by Crippen LogP contribution is 2.37. The molecule has 5 atom stereocenters. The van der Waals surface area contributed by atoms with E-state index < -0.39 is 27.2 Å². The molecule has 11 heteroatoms. The van der Waals surface area contributed by atoms with E-state index in [2.05, 4.69) is 22.2 Å². The second-order valence-corrected chi connectivity index (χ2v) is 10.2. The van der Waals surface area contributed by atoms with Gasteiger partial charge in [-0.25, -0.2) is 13.8 Å². The molecule has 1 aliphatic heterocycles. The van der Waals surface area contributed by atoms with Crippen LogP contribution in [0.15, 0.2) is 23.1 Å². The number of pyridine rings is 1. The minimum absolute atomic E-state index is 0.105.